The van der Waals surface area contributed by atoms with Crippen LogP contribution in [0.25, 0.3) is 0 Å². The molecule has 0 aromatic heterocycles. The Morgan fingerprint density at radius 2 is 2.14 bits per heavy atom. The molecule has 0 aliphatic rings. The van der Waals surface area contributed by atoms with Gasteiger partial charge in [0, 0.05) is 5.75 Å². The molecule has 14 heavy (non-hydrogen) atoms. The average molecular weight is 211 g/mol. The van der Waals surface area contributed by atoms with Gasteiger partial charge in [0.2, 0.25) is 0 Å². The van der Waals surface area contributed by atoms with Crippen molar-refractivity contribution >= 4 is 17.7 Å². The van der Waals surface area contributed by atoms with Gasteiger partial charge in [-0.05, 0) is 12.6 Å². The van der Waals surface area contributed by atoms with Crippen molar-refractivity contribution in [3.63, 3.8) is 0 Å². The molecule has 0 spiro atoms. The third kappa shape index (κ3) is 3.40. The zero-order valence-corrected chi connectivity index (χ0v) is 8.75. The van der Waals surface area contributed by atoms with Gasteiger partial charge in [-0.2, -0.15) is 0 Å². The molecule has 0 radical (unpaired) electrons. The molecule has 3 nitrogen and oxygen atoms in total. The number of benzene rings is 1. The lowest BCUT2D eigenvalue weighted by Gasteiger charge is -2.10. The highest BCUT2D eigenvalue weighted by molar-refractivity contribution is 7.99. The zero-order valence-electron chi connectivity index (χ0n) is 7.93. The summed E-state index contributed by atoms with van der Waals surface area (Å²) in [7, 11) is 1.65. The Balaban J connectivity index is 2.44. The van der Waals surface area contributed by atoms with Gasteiger partial charge in [0.1, 0.15) is 0 Å². The van der Waals surface area contributed by atoms with Crippen LogP contribution in [0.15, 0.2) is 30.3 Å². The molecule has 1 unspecified atom stereocenters. The predicted molar refractivity (Wildman–Crippen MR) is 58.2 cm³/mol. The molecule has 1 aromatic carbocycles. The van der Waals surface area contributed by atoms with E-state index < -0.39 is 11.3 Å². The molecule has 1 aromatic rings. The fourth-order valence-corrected chi connectivity index (χ4v) is 1.89. The first-order chi connectivity index (χ1) is 6.74. The van der Waals surface area contributed by atoms with Crippen LogP contribution in [0.5, 0.6) is 0 Å². The Hall–Kier alpha value is -1.00. The summed E-state index contributed by atoms with van der Waals surface area (Å²) in [6.07, 6.45) is 0. The van der Waals surface area contributed by atoms with E-state index in [0.717, 1.165) is 5.56 Å². The van der Waals surface area contributed by atoms with E-state index in [-0.39, 0.29) is 0 Å². The summed E-state index contributed by atoms with van der Waals surface area (Å²) in [6.45, 7) is 0. The largest absolute Gasteiger partial charge is 0.479 e. The number of nitrogens with one attached hydrogen (secondary N) is 1. The molecule has 0 saturated heterocycles. The van der Waals surface area contributed by atoms with Crippen LogP contribution in [0.2, 0.25) is 0 Å². The van der Waals surface area contributed by atoms with Gasteiger partial charge in [-0.25, -0.2) is 4.79 Å². The number of carboxylic acid groups (broad SMARTS) is 1. The van der Waals surface area contributed by atoms with E-state index >= 15 is 0 Å². The monoisotopic (exact) mass is 211 g/mol. The van der Waals surface area contributed by atoms with Crippen molar-refractivity contribution in [2.45, 2.75) is 11.1 Å². The first kappa shape index (κ1) is 11.1. The molecule has 0 aliphatic heterocycles. The maximum atomic E-state index is 10.7. The summed E-state index contributed by atoms with van der Waals surface area (Å²) in [5.74, 6) is -0.119. The minimum absolute atomic E-state index is 0.532. The van der Waals surface area contributed by atoms with Crippen LogP contribution in [0.4, 0.5) is 0 Å². The molecule has 0 bridgehead atoms. The summed E-state index contributed by atoms with van der Waals surface area (Å²) in [4.78, 5) is 10.7. The number of hydrogen-bond acceptors (Lipinski definition) is 3. The minimum Gasteiger partial charge on any atom is -0.479 e. The first-order valence-electron chi connectivity index (χ1n) is 4.29. The minimum atomic E-state index is -0.826. The number of carbonyl (C=O) groups is 1. The molecule has 2 N–H and O–H groups in total. The molecule has 4 heteroatoms. The van der Waals surface area contributed by atoms with Gasteiger partial charge < -0.3 is 5.11 Å². The average Bonchev–Trinajstić information content (AvgIpc) is 2.20. The lowest BCUT2D eigenvalue weighted by Crippen LogP contribution is -2.30. The van der Waals surface area contributed by atoms with Crippen molar-refractivity contribution in [2.75, 3.05) is 7.05 Å². The van der Waals surface area contributed by atoms with E-state index in [1.54, 1.807) is 7.05 Å². The molecular formula is C10H13NO2S. The Labute approximate surface area is 87.5 Å². The molecule has 0 fully saturated rings. The van der Waals surface area contributed by atoms with Crippen LogP contribution >= 0.6 is 11.8 Å². The molecule has 1 rings (SSSR count). The van der Waals surface area contributed by atoms with Crippen molar-refractivity contribution in [2.24, 2.45) is 0 Å². The summed E-state index contributed by atoms with van der Waals surface area (Å²) in [5, 5.41) is 11.0. The van der Waals surface area contributed by atoms with Gasteiger partial charge in [0.05, 0.1) is 0 Å². The summed E-state index contributed by atoms with van der Waals surface area (Å²) >= 11 is 1.37. The maximum absolute atomic E-state index is 10.7. The quantitative estimate of drug-likeness (QED) is 0.725. The predicted octanol–water partition coefficient (Wildman–Crippen LogP) is 1.55. The molecule has 1 atom stereocenters. The summed E-state index contributed by atoms with van der Waals surface area (Å²) in [6, 6.07) is 9.82. The van der Waals surface area contributed by atoms with Crippen LogP contribution in [0.3, 0.4) is 0 Å². The number of hydrogen-bond donors (Lipinski definition) is 2. The molecule has 0 saturated carbocycles. The number of thioether (sulfide) groups is 1. The van der Waals surface area contributed by atoms with Crippen molar-refractivity contribution in [1.29, 1.82) is 0 Å². The Bertz CT molecular complexity index is 289. The highest BCUT2D eigenvalue weighted by atomic mass is 32.2. The smallest absolute Gasteiger partial charge is 0.331 e. The van der Waals surface area contributed by atoms with Crippen LogP contribution in [0, 0.1) is 0 Å². The van der Waals surface area contributed by atoms with Crippen molar-refractivity contribution in [3.8, 4) is 0 Å². The molecule has 76 valence electrons. The van der Waals surface area contributed by atoms with Crippen LogP contribution in [-0.2, 0) is 10.5 Å². The number of carboxylic acids is 1. The third-order valence-electron chi connectivity index (χ3n) is 1.75. The number of aliphatic carboxylic acids is 1. The normalized spacial score (nSPS) is 12.4. The van der Waals surface area contributed by atoms with E-state index in [4.69, 9.17) is 5.11 Å². The van der Waals surface area contributed by atoms with Gasteiger partial charge >= 0.3 is 5.97 Å². The van der Waals surface area contributed by atoms with Gasteiger partial charge in [0.25, 0.3) is 0 Å². The van der Waals surface area contributed by atoms with Gasteiger partial charge in [-0.3, -0.25) is 5.32 Å². The van der Waals surface area contributed by atoms with E-state index in [0.29, 0.717) is 5.75 Å². The second-order valence-corrected chi connectivity index (χ2v) is 3.90. The Morgan fingerprint density at radius 1 is 1.50 bits per heavy atom. The summed E-state index contributed by atoms with van der Waals surface area (Å²) in [5.41, 5.74) is 1.14. The second-order valence-electron chi connectivity index (χ2n) is 2.80. The molecular weight excluding hydrogens is 198 g/mol. The van der Waals surface area contributed by atoms with Crippen molar-refractivity contribution < 1.29 is 9.90 Å². The summed E-state index contributed by atoms with van der Waals surface area (Å²) < 4.78 is 0. The molecule has 0 heterocycles. The van der Waals surface area contributed by atoms with Gasteiger partial charge in [0.15, 0.2) is 5.37 Å². The van der Waals surface area contributed by atoms with Crippen LogP contribution in [-0.4, -0.2) is 23.5 Å². The maximum Gasteiger partial charge on any atom is 0.331 e. The SMILES string of the molecule is CNC(SCc1ccccc1)C(=O)O. The second kappa shape index (κ2) is 5.67. The topological polar surface area (TPSA) is 49.3 Å². The van der Waals surface area contributed by atoms with Crippen molar-refractivity contribution in [1.82, 2.24) is 5.32 Å². The highest BCUT2D eigenvalue weighted by Crippen LogP contribution is 2.15. The third-order valence-corrected chi connectivity index (χ3v) is 3.02. The van der Waals surface area contributed by atoms with E-state index in [2.05, 4.69) is 5.32 Å². The standard InChI is InChI=1S/C10H13NO2S/c1-11-9(10(12)13)14-7-8-5-3-2-4-6-8/h2-6,9,11H,7H2,1H3,(H,12,13). The van der Waals surface area contributed by atoms with E-state index in [9.17, 15) is 4.79 Å². The van der Waals surface area contributed by atoms with Crippen LogP contribution < -0.4 is 5.32 Å². The van der Waals surface area contributed by atoms with Crippen LogP contribution in [0.1, 0.15) is 5.56 Å². The zero-order chi connectivity index (χ0) is 10.4. The lowest BCUT2D eigenvalue weighted by atomic mass is 10.2. The molecule has 0 amide bonds. The Kier molecular flexibility index (Phi) is 4.49. The van der Waals surface area contributed by atoms with E-state index in [1.165, 1.54) is 11.8 Å². The van der Waals surface area contributed by atoms with E-state index in [1.807, 2.05) is 30.3 Å². The van der Waals surface area contributed by atoms with Gasteiger partial charge in [-0.1, -0.05) is 30.3 Å². The van der Waals surface area contributed by atoms with Gasteiger partial charge in [-0.15, -0.1) is 11.8 Å². The first-order valence-corrected chi connectivity index (χ1v) is 5.34. The lowest BCUT2D eigenvalue weighted by molar-refractivity contribution is -0.136. The number of likely N-dealkylation sites (N-methyl/N-ethyl adjacent to an activating group) is 1. The molecule has 0 aliphatic carbocycles. The Morgan fingerprint density at radius 3 is 2.64 bits per heavy atom. The number of rotatable bonds is 5. The fourth-order valence-electron chi connectivity index (χ4n) is 1.03. The highest BCUT2D eigenvalue weighted by Gasteiger charge is 2.14. The fraction of sp³-hybridized carbons (Fsp3) is 0.300. The van der Waals surface area contributed by atoms with Crippen molar-refractivity contribution in [3.05, 3.63) is 35.9 Å².